The van der Waals surface area contributed by atoms with Crippen LogP contribution in [0.25, 0.3) is 0 Å². The van der Waals surface area contributed by atoms with E-state index in [9.17, 15) is 18.0 Å². The number of benzene rings is 2. The van der Waals surface area contributed by atoms with Gasteiger partial charge in [0.2, 0.25) is 10.0 Å². The van der Waals surface area contributed by atoms with Crippen molar-refractivity contribution < 1.29 is 27.5 Å². The second-order valence-electron chi connectivity index (χ2n) is 6.99. The van der Waals surface area contributed by atoms with Crippen molar-refractivity contribution in [3.05, 3.63) is 59.1 Å². The zero-order valence-electron chi connectivity index (χ0n) is 17.4. The third-order valence-corrected chi connectivity index (χ3v) is 6.96. The first kappa shape index (κ1) is 24.0. The number of carbonyl (C=O) groups excluding carboxylic acids is 2. The summed E-state index contributed by atoms with van der Waals surface area (Å²) in [5.41, 5.74) is 0.765. The smallest absolute Gasteiger partial charge is 0.309 e. The first-order chi connectivity index (χ1) is 15.3. The number of carbonyl (C=O) groups is 2. The molecule has 0 saturated carbocycles. The Morgan fingerprint density at radius 3 is 2.59 bits per heavy atom. The molecule has 9 nitrogen and oxygen atoms in total. The number of hydrogen-bond donors (Lipinski definition) is 2. The average Bonchev–Trinajstić information content (AvgIpc) is 2.81. The predicted molar refractivity (Wildman–Crippen MR) is 118 cm³/mol. The van der Waals surface area contributed by atoms with Crippen LogP contribution in [0.3, 0.4) is 0 Å². The van der Waals surface area contributed by atoms with Crippen molar-refractivity contribution in [2.45, 2.75) is 24.1 Å². The number of hydrogen-bond acceptors (Lipinski definition) is 6. The Hall–Kier alpha value is -2.66. The fourth-order valence-corrected chi connectivity index (χ4v) is 4.84. The lowest BCUT2D eigenvalue weighted by atomic mass is 10.2. The van der Waals surface area contributed by atoms with Crippen molar-refractivity contribution in [1.82, 2.24) is 14.9 Å². The molecule has 0 spiro atoms. The maximum absolute atomic E-state index is 13.0. The van der Waals surface area contributed by atoms with Crippen molar-refractivity contribution in [3.63, 3.8) is 0 Å². The van der Waals surface area contributed by atoms with Crippen LogP contribution < -0.4 is 15.4 Å². The van der Waals surface area contributed by atoms with Crippen molar-refractivity contribution in [3.8, 4) is 5.75 Å². The summed E-state index contributed by atoms with van der Waals surface area (Å²) >= 11 is 5.85. The fourth-order valence-electron chi connectivity index (χ4n) is 3.15. The fraction of sp³-hybridized carbons (Fsp3) is 0.333. The van der Waals surface area contributed by atoms with Crippen LogP contribution in [0.4, 0.5) is 0 Å². The van der Waals surface area contributed by atoms with Gasteiger partial charge in [-0.3, -0.25) is 9.59 Å². The van der Waals surface area contributed by atoms with Gasteiger partial charge in [-0.15, -0.1) is 0 Å². The van der Waals surface area contributed by atoms with Crippen LogP contribution in [0.1, 0.15) is 12.0 Å². The van der Waals surface area contributed by atoms with E-state index < -0.39 is 28.1 Å². The van der Waals surface area contributed by atoms with Crippen LogP contribution in [-0.2, 0) is 30.9 Å². The van der Waals surface area contributed by atoms with Crippen LogP contribution >= 0.6 is 11.6 Å². The molecule has 0 bridgehead atoms. The maximum atomic E-state index is 13.0. The average molecular weight is 482 g/mol. The van der Waals surface area contributed by atoms with E-state index >= 15 is 0 Å². The van der Waals surface area contributed by atoms with E-state index in [4.69, 9.17) is 21.1 Å². The summed E-state index contributed by atoms with van der Waals surface area (Å²) in [5.74, 6) is -1.08. The largest absolute Gasteiger partial charge is 0.497 e. The van der Waals surface area contributed by atoms with Gasteiger partial charge in [-0.1, -0.05) is 23.7 Å². The minimum atomic E-state index is -3.86. The molecule has 3 rings (SSSR count). The van der Waals surface area contributed by atoms with Crippen molar-refractivity contribution in [2.75, 3.05) is 26.8 Å². The number of sulfonamides is 1. The van der Waals surface area contributed by atoms with Crippen molar-refractivity contribution in [2.24, 2.45) is 0 Å². The molecule has 172 valence electrons. The maximum Gasteiger partial charge on any atom is 0.309 e. The molecule has 2 aromatic carbocycles. The van der Waals surface area contributed by atoms with E-state index in [2.05, 4.69) is 10.6 Å². The summed E-state index contributed by atoms with van der Waals surface area (Å²) in [7, 11) is -2.33. The zero-order valence-corrected chi connectivity index (χ0v) is 19.0. The van der Waals surface area contributed by atoms with E-state index in [0.29, 0.717) is 23.8 Å². The summed E-state index contributed by atoms with van der Waals surface area (Å²) < 4.78 is 37.9. The van der Waals surface area contributed by atoms with Gasteiger partial charge in [0.25, 0.3) is 0 Å². The molecule has 1 aliphatic rings. The van der Waals surface area contributed by atoms with Crippen molar-refractivity contribution >= 4 is 33.4 Å². The van der Waals surface area contributed by atoms with E-state index in [1.165, 1.54) is 35.7 Å². The summed E-state index contributed by atoms with van der Waals surface area (Å²) in [5, 5.41) is 5.38. The second kappa shape index (κ2) is 10.8. The van der Waals surface area contributed by atoms with Crippen LogP contribution in [-0.4, -0.2) is 57.6 Å². The molecule has 1 aliphatic heterocycles. The Kier molecular flexibility index (Phi) is 8.08. The number of nitrogens with one attached hydrogen (secondary N) is 2. The number of halogens is 1. The zero-order chi connectivity index (χ0) is 23.1. The number of rotatable bonds is 7. The standard InChI is InChI=1S/C21H24ClN3O6S/c1-30-17-5-2-4-15(12-17)13-23-20(26)21(27)24-14-19-25(10-3-11-31-19)32(28,29)18-8-6-16(22)7-9-18/h2,4-9,12,19H,3,10-11,13-14H2,1H3,(H,23,26)(H,24,27)/t19-/m0/s1. The molecule has 0 unspecified atom stereocenters. The van der Waals surface area contributed by atoms with Gasteiger partial charge in [0, 0.05) is 18.1 Å². The highest BCUT2D eigenvalue weighted by molar-refractivity contribution is 7.89. The third-order valence-electron chi connectivity index (χ3n) is 4.81. The molecule has 0 radical (unpaired) electrons. The molecular weight excluding hydrogens is 458 g/mol. The minimum Gasteiger partial charge on any atom is -0.497 e. The molecule has 1 heterocycles. The molecule has 2 amide bonds. The normalized spacial score (nSPS) is 16.9. The molecule has 2 aromatic rings. The molecule has 0 aromatic heterocycles. The van der Waals surface area contributed by atoms with E-state index in [1.54, 1.807) is 24.3 Å². The Morgan fingerprint density at radius 1 is 1.16 bits per heavy atom. The minimum absolute atomic E-state index is 0.0692. The molecule has 1 atom stereocenters. The monoisotopic (exact) mass is 481 g/mol. The molecule has 11 heteroatoms. The van der Waals surface area contributed by atoms with Gasteiger partial charge in [-0.05, 0) is 48.4 Å². The quantitative estimate of drug-likeness (QED) is 0.579. The van der Waals surface area contributed by atoms with Crippen LogP contribution in [0.15, 0.2) is 53.4 Å². The molecule has 32 heavy (non-hydrogen) atoms. The molecule has 1 fully saturated rings. The lowest BCUT2D eigenvalue weighted by Gasteiger charge is -2.34. The number of methoxy groups -OCH3 is 1. The van der Waals surface area contributed by atoms with Crippen LogP contribution in [0.2, 0.25) is 5.02 Å². The van der Waals surface area contributed by atoms with Gasteiger partial charge < -0.3 is 20.1 Å². The molecule has 1 saturated heterocycles. The lowest BCUT2D eigenvalue weighted by molar-refractivity contribution is -0.140. The highest BCUT2D eigenvalue weighted by Crippen LogP contribution is 2.23. The third kappa shape index (κ3) is 5.98. The van der Waals surface area contributed by atoms with E-state index in [0.717, 1.165) is 5.56 Å². The van der Waals surface area contributed by atoms with Gasteiger partial charge in [0.1, 0.15) is 12.0 Å². The van der Waals surface area contributed by atoms with Gasteiger partial charge in [0.05, 0.1) is 25.2 Å². The molecule has 2 N–H and O–H groups in total. The number of nitrogens with zero attached hydrogens (tertiary/aromatic N) is 1. The first-order valence-corrected chi connectivity index (χ1v) is 11.7. The van der Waals surface area contributed by atoms with Gasteiger partial charge >= 0.3 is 11.8 Å². The highest BCUT2D eigenvalue weighted by Gasteiger charge is 2.34. The van der Waals surface area contributed by atoms with E-state index in [-0.39, 0.29) is 24.5 Å². The van der Waals surface area contributed by atoms with Crippen LogP contribution in [0.5, 0.6) is 5.75 Å². The van der Waals surface area contributed by atoms with Crippen molar-refractivity contribution in [1.29, 1.82) is 0 Å². The van der Waals surface area contributed by atoms with Crippen LogP contribution in [0, 0.1) is 0 Å². The SMILES string of the molecule is COc1cccc(CNC(=O)C(=O)NC[C@@H]2OCCCN2S(=O)(=O)c2ccc(Cl)cc2)c1. The van der Waals surface area contributed by atoms with Gasteiger partial charge in [0.15, 0.2) is 0 Å². The van der Waals surface area contributed by atoms with Gasteiger partial charge in [-0.2, -0.15) is 4.31 Å². The van der Waals surface area contributed by atoms with Gasteiger partial charge in [-0.25, -0.2) is 8.42 Å². The lowest BCUT2D eigenvalue weighted by Crippen LogP contribution is -2.53. The number of ether oxygens (including phenoxy) is 2. The summed E-state index contributed by atoms with van der Waals surface area (Å²) in [6.45, 7) is 0.543. The Labute approximate surface area is 191 Å². The second-order valence-corrected chi connectivity index (χ2v) is 9.32. The number of amides is 2. The Morgan fingerprint density at radius 2 is 1.88 bits per heavy atom. The Balaban J connectivity index is 1.58. The molecular formula is C21H24ClN3O6S. The molecule has 0 aliphatic carbocycles. The van der Waals surface area contributed by atoms with E-state index in [1.807, 2.05) is 0 Å². The summed E-state index contributed by atoms with van der Waals surface area (Å²) in [6.07, 6.45) is -0.419. The summed E-state index contributed by atoms with van der Waals surface area (Å²) in [4.78, 5) is 24.4. The topological polar surface area (TPSA) is 114 Å². The predicted octanol–water partition coefficient (Wildman–Crippen LogP) is 1.52. The Bertz CT molecular complexity index is 1060. The highest BCUT2D eigenvalue weighted by atomic mass is 35.5. The summed E-state index contributed by atoms with van der Waals surface area (Å²) in [6, 6.07) is 12.9. The first-order valence-electron chi connectivity index (χ1n) is 9.89.